The molecule has 248 valence electrons. The van der Waals surface area contributed by atoms with E-state index in [1.165, 1.54) is 51.4 Å². The van der Waals surface area contributed by atoms with Crippen LogP contribution >= 0.6 is 0 Å². The standard InChI is InChI=1S/C37H65NO5/c1-3-5-7-9-11-12-13-14-15-16-17-18-19-24-28-32-37(42)43-34(29-25-21-10-8-6-4-2)30-26-22-20-23-27-31-35(39)38-33-36(40)41/h5,7,11-12,14-15,34H,3-4,6,8-10,13,16-33H2,1-2H3,(H,38,39)(H,40,41)/b7-5-,12-11-,15-14-. The molecule has 0 rings (SSSR count). The Morgan fingerprint density at radius 1 is 0.628 bits per heavy atom. The number of rotatable bonds is 31. The fraction of sp³-hybridized carbons (Fsp3) is 0.757. The molecule has 0 spiro atoms. The SMILES string of the molecule is CC/C=C\C/C=C\C/C=C\CCCCCCCC(=O)OC(CCCCCCCC)CCCCCCCC(=O)NCC(=O)O. The molecule has 6 heteroatoms. The molecule has 0 heterocycles. The van der Waals surface area contributed by atoms with E-state index in [2.05, 4.69) is 55.6 Å². The van der Waals surface area contributed by atoms with Gasteiger partial charge in [0.2, 0.25) is 5.91 Å². The first kappa shape index (κ1) is 40.6. The highest BCUT2D eigenvalue weighted by Crippen LogP contribution is 2.18. The second-order valence-corrected chi connectivity index (χ2v) is 11.7. The average molecular weight is 604 g/mol. The third-order valence-electron chi connectivity index (χ3n) is 7.58. The van der Waals surface area contributed by atoms with Crippen molar-refractivity contribution >= 4 is 17.8 Å². The van der Waals surface area contributed by atoms with Gasteiger partial charge < -0.3 is 15.2 Å². The lowest BCUT2D eigenvalue weighted by molar-refractivity contribution is -0.150. The minimum atomic E-state index is -1.02. The van der Waals surface area contributed by atoms with Crippen molar-refractivity contribution in [1.29, 1.82) is 0 Å². The molecular weight excluding hydrogens is 538 g/mol. The summed E-state index contributed by atoms with van der Waals surface area (Å²) in [5, 5.41) is 11.0. The van der Waals surface area contributed by atoms with Crippen molar-refractivity contribution in [3.8, 4) is 0 Å². The molecular formula is C37H65NO5. The molecule has 0 aliphatic carbocycles. The lowest BCUT2D eigenvalue weighted by atomic mass is 10.0. The fourth-order valence-electron chi connectivity index (χ4n) is 5.00. The summed E-state index contributed by atoms with van der Waals surface area (Å²) in [6.07, 6.45) is 38.3. The molecule has 0 aliphatic rings. The van der Waals surface area contributed by atoms with Crippen LogP contribution < -0.4 is 5.32 Å². The largest absolute Gasteiger partial charge is 0.480 e. The first-order chi connectivity index (χ1) is 21.0. The zero-order valence-corrected chi connectivity index (χ0v) is 27.8. The van der Waals surface area contributed by atoms with Gasteiger partial charge in [0.1, 0.15) is 12.6 Å². The van der Waals surface area contributed by atoms with Crippen LogP contribution in [-0.4, -0.2) is 35.6 Å². The number of esters is 1. The summed E-state index contributed by atoms with van der Waals surface area (Å²) < 4.78 is 5.94. The molecule has 1 unspecified atom stereocenters. The minimum Gasteiger partial charge on any atom is -0.480 e. The van der Waals surface area contributed by atoms with Crippen molar-refractivity contribution in [1.82, 2.24) is 5.32 Å². The monoisotopic (exact) mass is 603 g/mol. The quantitative estimate of drug-likeness (QED) is 0.0467. The number of carbonyl (C=O) groups is 3. The molecule has 43 heavy (non-hydrogen) atoms. The van der Waals surface area contributed by atoms with Crippen LogP contribution in [0.15, 0.2) is 36.5 Å². The van der Waals surface area contributed by atoms with Gasteiger partial charge in [-0.2, -0.15) is 0 Å². The number of hydrogen-bond acceptors (Lipinski definition) is 4. The summed E-state index contributed by atoms with van der Waals surface area (Å²) in [5.74, 6) is -1.26. The minimum absolute atomic E-state index is 0.0231. The molecule has 0 aromatic carbocycles. The summed E-state index contributed by atoms with van der Waals surface area (Å²) >= 11 is 0. The van der Waals surface area contributed by atoms with Gasteiger partial charge in [0.05, 0.1) is 0 Å². The first-order valence-corrected chi connectivity index (χ1v) is 17.6. The van der Waals surface area contributed by atoms with Gasteiger partial charge >= 0.3 is 11.9 Å². The van der Waals surface area contributed by atoms with E-state index in [-0.39, 0.29) is 24.5 Å². The molecule has 0 aromatic heterocycles. The summed E-state index contributed by atoms with van der Waals surface area (Å²) in [7, 11) is 0. The first-order valence-electron chi connectivity index (χ1n) is 17.6. The molecule has 0 saturated carbocycles. The van der Waals surface area contributed by atoms with Crippen molar-refractivity contribution in [2.24, 2.45) is 0 Å². The number of amides is 1. The third kappa shape index (κ3) is 32.4. The van der Waals surface area contributed by atoms with Gasteiger partial charge in [-0.25, -0.2) is 0 Å². The van der Waals surface area contributed by atoms with Crippen molar-refractivity contribution < 1.29 is 24.2 Å². The average Bonchev–Trinajstić information content (AvgIpc) is 2.99. The van der Waals surface area contributed by atoms with Gasteiger partial charge in [-0.15, -0.1) is 0 Å². The van der Waals surface area contributed by atoms with Gasteiger partial charge in [0.25, 0.3) is 0 Å². The van der Waals surface area contributed by atoms with Gasteiger partial charge in [-0.3, -0.25) is 14.4 Å². The molecule has 0 saturated heterocycles. The predicted octanol–water partition coefficient (Wildman–Crippen LogP) is 10.2. The van der Waals surface area contributed by atoms with Crippen LogP contribution in [0, 0.1) is 0 Å². The topological polar surface area (TPSA) is 92.7 Å². The molecule has 0 fully saturated rings. The molecule has 6 nitrogen and oxygen atoms in total. The normalized spacial score (nSPS) is 12.4. The van der Waals surface area contributed by atoms with Gasteiger partial charge in [-0.05, 0) is 70.6 Å². The number of carboxylic acid groups (broad SMARTS) is 1. The molecule has 0 aliphatic heterocycles. The maximum Gasteiger partial charge on any atom is 0.322 e. The second-order valence-electron chi connectivity index (χ2n) is 11.7. The van der Waals surface area contributed by atoms with Crippen LogP contribution in [0.4, 0.5) is 0 Å². The van der Waals surface area contributed by atoms with Crippen LogP contribution in [0.3, 0.4) is 0 Å². The number of aliphatic carboxylic acids is 1. The Balaban J connectivity index is 4.07. The highest BCUT2D eigenvalue weighted by atomic mass is 16.5. The number of carboxylic acids is 1. The Hall–Kier alpha value is -2.37. The zero-order valence-electron chi connectivity index (χ0n) is 27.8. The zero-order chi connectivity index (χ0) is 31.6. The number of ether oxygens (including phenoxy) is 1. The number of allylic oxidation sites excluding steroid dienone is 6. The Morgan fingerprint density at radius 3 is 1.74 bits per heavy atom. The van der Waals surface area contributed by atoms with E-state index in [1.54, 1.807) is 0 Å². The molecule has 0 aromatic rings. The molecule has 0 bridgehead atoms. The van der Waals surface area contributed by atoms with Gasteiger partial charge in [0, 0.05) is 12.8 Å². The Labute approximate surface area is 264 Å². The molecule has 0 radical (unpaired) electrons. The number of nitrogens with one attached hydrogen (secondary N) is 1. The van der Waals surface area contributed by atoms with E-state index < -0.39 is 5.97 Å². The van der Waals surface area contributed by atoms with Crippen molar-refractivity contribution in [2.75, 3.05) is 6.54 Å². The smallest absolute Gasteiger partial charge is 0.322 e. The highest BCUT2D eigenvalue weighted by molar-refractivity contribution is 5.80. The fourth-order valence-corrected chi connectivity index (χ4v) is 5.00. The lowest BCUT2D eigenvalue weighted by Gasteiger charge is -2.18. The Bertz CT molecular complexity index is 758. The van der Waals surface area contributed by atoms with Crippen LogP contribution in [0.5, 0.6) is 0 Å². The van der Waals surface area contributed by atoms with Crippen LogP contribution in [0.25, 0.3) is 0 Å². The summed E-state index contributed by atoms with van der Waals surface area (Å²) in [6, 6.07) is 0. The van der Waals surface area contributed by atoms with Crippen molar-refractivity contribution in [3.05, 3.63) is 36.5 Å². The van der Waals surface area contributed by atoms with E-state index in [0.717, 1.165) is 89.9 Å². The summed E-state index contributed by atoms with van der Waals surface area (Å²) in [6.45, 7) is 4.07. The second kappa shape index (κ2) is 32.5. The van der Waals surface area contributed by atoms with E-state index in [1.807, 2.05) is 0 Å². The van der Waals surface area contributed by atoms with Gasteiger partial charge in [0.15, 0.2) is 0 Å². The summed E-state index contributed by atoms with van der Waals surface area (Å²) in [5.41, 5.74) is 0. The maximum atomic E-state index is 12.6. The molecule has 1 amide bonds. The lowest BCUT2D eigenvalue weighted by Crippen LogP contribution is -2.28. The van der Waals surface area contributed by atoms with E-state index in [9.17, 15) is 14.4 Å². The highest BCUT2D eigenvalue weighted by Gasteiger charge is 2.14. The number of hydrogen-bond donors (Lipinski definition) is 2. The predicted molar refractivity (Wildman–Crippen MR) is 180 cm³/mol. The molecule has 1 atom stereocenters. The van der Waals surface area contributed by atoms with Gasteiger partial charge in [-0.1, -0.05) is 121 Å². The summed E-state index contributed by atoms with van der Waals surface area (Å²) in [4.78, 5) is 34.7. The Morgan fingerprint density at radius 2 is 1.14 bits per heavy atom. The molecule has 2 N–H and O–H groups in total. The van der Waals surface area contributed by atoms with Crippen molar-refractivity contribution in [3.63, 3.8) is 0 Å². The maximum absolute atomic E-state index is 12.6. The number of carbonyl (C=O) groups excluding carboxylic acids is 2. The Kier molecular flexibility index (Phi) is 30.7. The van der Waals surface area contributed by atoms with Crippen molar-refractivity contribution in [2.45, 2.75) is 174 Å². The van der Waals surface area contributed by atoms with Crippen LogP contribution in [0.1, 0.15) is 168 Å². The van der Waals surface area contributed by atoms with E-state index >= 15 is 0 Å². The number of unbranched alkanes of at least 4 members (excludes halogenated alkanes) is 14. The van der Waals surface area contributed by atoms with E-state index in [4.69, 9.17) is 9.84 Å². The van der Waals surface area contributed by atoms with E-state index in [0.29, 0.717) is 12.8 Å². The van der Waals surface area contributed by atoms with Crippen LogP contribution in [0.2, 0.25) is 0 Å². The third-order valence-corrected chi connectivity index (χ3v) is 7.58. The van der Waals surface area contributed by atoms with Crippen LogP contribution in [-0.2, 0) is 19.1 Å².